The Morgan fingerprint density at radius 1 is 0.846 bits per heavy atom. The Hall–Kier alpha value is -0.874. The third-order valence-corrected chi connectivity index (χ3v) is 6.80. The predicted molar refractivity (Wildman–Crippen MR) is 99.4 cm³/mol. The summed E-state index contributed by atoms with van der Waals surface area (Å²) in [6.45, 7) is 2.12. The van der Waals surface area contributed by atoms with Gasteiger partial charge in [-0.1, -0.05) is 0 Å². The molecule has 0 spiro atoms. The standard InChI is InChI=1S/C8H17N3O3P.C6H10NO3.Po/c1-14-8(13)10-5-2-3-7(12)15-11-6-4-9;1-10-6(9)7-4-2-3-5-8;/h9,11,15H,2-6H2,1H3,(H,10,13);2-4H2,1H3,(H,7,9);/q-1;;+1. The third kappa shape index (κ3) is 16.6. The van der Waals surface area contributed by atoms with E-state index in [0.717, 1.165) is 0 Å². The third-order valence-electron chi connectivity index (χ3n) is 2.81. The van der Waals surface area contributed by atoms with E-state index in [2.05, 4.69) is 28.4 Å². The summed E-state index contributed by atoms with van der Waals surface area (Å²) in [5.74, 6) is 0. The Bertz CT molecular complexity index is 415. The monoisotopic (exact) mass is 587 g/mol. The molecule has 1 atom stereocenters. The van der Waals surface area contributed by atoms with Crippen LogP contribution in [0.3, 0.4) is 0 Å². The molecule has 10 nitrogen and oxygen atoms in total. The van der Waals surface area contributed by atoms with Crippen molar-refractivity contribution in [3.8, 4) is 0 Å². The molecule has 0 aromatic heterocycles. The molecular weight excluding hydrogens is 560 g/mol. The van der Waals surface area contributed by atoms with Gasteiger partial charge in [-0.15, -0.1) is 0 Å². The van der Waals surface area contributed by atoms with Crippen molar-refractivity contribution in [1.82, 2.24) is 18.9 Å². The van der Waals surface area contributed by atoms with Crippen LogP contribution in [0.2, 0.25) is 0 Å². The van der Waals surface area contributed by atoms with Gasteiger partial charge in [0.2, 0.25) is 0 Å². The molecule has 0 saturated carbocycles. The van der Waals surface area contributed by atoms with Gasteiger partial charge >= 0.3 is 160 Å². The number of methoxy groups -OCH3 is 2. The molecule has 0 rings (SSSR count). The molecule has 150 valence electrons. The Labute approximate surface area is 167 Å². The van der Waals surface area contributed by atoms with Crippen molar-refractivity contribution < 1.29 is 28.7 Å². The fourth-order valence-electron chi connectivity index (χ4n) is 1.53. The van der Waals surface area contributed by atoms with Crippen molar-refractivity contribution >= 4 is 53.7 Å². The van der Waals surface area contributed by atoms with Crippen molar-refractivity contribution in [2.45, 2.75) is 25.7 Å². The van der Waals surface area contributed by atoms with E-state index >= 15 is 0 Å². The van der Waals surface area contributed by atoms with Crippen LogP contribution >= 0.6 is 8.73 Å². The van der Waals surface area contributed by atoms with E-state index < -0.39 is 36.0 Å². The van der Waals surface area contributed by atoms with Gasteiger partial charge in [0.25, 0.3) is 0 Å². The number of hydrogen-bond acceptors (Lipinski definition) is 8. The molecule has 0 fully saturated rings. The zero-order valence-electron chi connectivity index (χ0n) is 15.0. The summed E-state index contributed by atoms with van der Waals surface area (Å²) in [6, 6.07) is 0. The summed E-state index contributed by atoms with van der Waals surface area (Å²) in [4.78, 5) is 44.9. The summed E-state index contributed by atoms with van der Waals surface area (Å²) in [7, 11) is 2.61. The Morgan fingerprint density at radius 2 is 1.42 bits per heavy atom. The van der Waals surface area contributed by atoms with Crippen LogP contribution in [0.25, 0.3) is 0 Å². The first-order valence-electron chi connectivity index (χ1n) is 8.07. The van der Waals surface area contributed by atoms with Gasteiger partial charge in [0.1, 0.15) is 0 Å². The van der Waals surface area contributed by atoms with Crippen LogP contribution in [0.5, 0.6) is 0 Å². The molecule has 0 aromatic carbocycles. The predicted octanol–water partition coefficient (Wildman–Crippen LogP) is -0.296. The van der Waals surface area contributed by atoms with Gasteiger partial charge in [0.15, 0.2) is 0 Å². The van der Waals surface area contributed by atoms with Crippen molar-refractivity contribution in [3.63, 3.8) is 0 Å². The fraction of sp³-hybridized carbons (Fsp3) is 0.714. The molecule has 0 aromatic rings. The summed E-state index contributed by atoms with van der Waals surface area (Å²) >= 11 is -1.25. The van der Waals surface area contributed by atoms with Gasteiger partial charge in [-0.05, 0) is 0 Å². The van der Waals surface area contributed by atoms with Crippen molar-refractivity contribution in [1.29, 1.82) is 0 Å². The number of amides is 2. The molecule has 26 heavy (non-hydrogen) atoms. The van der Waals surface area contributed by atoms with E-state index in [-0.39, 0.29) is 17.7 Å². The molecule has 0 aliphatic rings. The zero-order chi connectivity index (χ0) is 19.6. The van der Waals surface area contributed by atoms with Crippen LogP contribution < -0.4 is 18.9 Å². The van der Waals surface area contributed by atoms with Crippen LogP contribution in [0.4, 0.5) is 9.59 Å². The molecule has 0 bridgehead atoms. The average Bonchev–Trinajstić information content (AvgIpc) is 2.64. The van der Waals surface area contributed by atoms with Crippen molar-refractivity contribution in [2.75, 3.05) is 40.4 Å². The number of ether oxygens (including phenoxy) is 2. The average molecular weight is 587 g/mol. The SMILES string of the molecule is COC(=O)NCCCC(=O)PNCC[NH][Po][C](=O)CCCNC(=O)OC. The number of carbonyl (C=O) groups excluding carboxylic acids is 4. The number of rotatable bonds is 15. The minimum absolute atomic E-state index is 0.0240. The van der Waals surface area contributed by atoms with Gasteiger partial charge in [0, 0.05) is 0 Å². The summed E-state index contributed by atoms with van der Waals surface area (Å²) < 4.78 is 12.2. The number of nitrogens with one attached hydrogen (secondary N) is 4. The van der Waals surface area contributed by atoms with Gasteiger partial charge < -0.3 is 0 Å². The quantitative estimate of drug-likeness (QED) is 0.152. The maximum atomic E-state index is 11.7. The summed E-state index contributed by atoms with van der Waals surface area (Å²) in [5, 5.41) is 8.09. The zero-order valence-corrected chi connectivity index (χ0v) is 19.2. The second-order valence-electron chi connectivity index (χ2n) is 4.89. The molecule has 0 aliphatic heterocycles. The van der Waals surface area contributed by atoms with E-state index in [1.54, 1.807) is 0 Å². The molecule has 0 aliphatic carbocycles. The normalized spacial score (nSPS) is 10.5. The van der Waals surface area contributed by atoms with E-state index in [4.69, 9.17) is 0 Å². The Morgan fingerprint density at radius 3 is 2.00 bits per heavy atom. The first kappa shape index (κ1) is 25.1. The topological polar surface area (TPSA) is 135 Å². The van der Waals surface area contributed by atoms with Gasteiger partial charge in [-0.3, -0.25) is 0 Å². The van der Waals surface area contributed by atoms with Crippen LogP contribution in [-0.4, -0.2) is 85.4 Å². The second-order valence-corrected chi connectivity index (χ2v) is 9.73. The van der Waals surface area contributed by atoms with Crippen LogP contribution in [0.1, 0.15) is 25.7 Å². The molecule has 1 unspecified atom stereocenters. The number of hydrogen-bond donors (Lipinski definition) is 4. The van der Waals surface area contributed by atoms with Crippen molar-refractivity contribution in [2.24, 2.45) is 0 Å². The van der Waals surface area contributed by atoms with Gasteiger partial charge in [0.05, 0.1) is 7.11 Å². The van der Waals surface area contributed by atoms with Gasteiger partial charge in [-0.2, -0.15) is 0 Å². The number of carbonyl (C=O) groups is 4. The van der Waals surface area contributed by atoms with Crippen LogP contribution in [-0.2, 0) is 19.1 Å². The van der Waals surface area contributed by atoms with E-state index in [1.165, 1.54) is 14.2 Å². The summed E-state index contributed by atoms with van der Waals surface area (Å²) in [6.07, 6.45) is 1.05. The summed E-state index contributed by atoms with van der Waals surface area (Å²) in [5.41, 5.74) is 0.102. The maximum absolute atomic E-state index is 11.7. The van der Waals surface area contributed by atoms with E-state index in [9.17, 15) is 19.2 Å². The molecule has 2 amide bonds. The van der Waals surface area contributed by atoms with E-state index in [1.807, 2.05) is 0 Å². The first-order valence-corrected chi connectivity index (χ1v) is 12.2. The Balaban J connectivity index is 3.41. The molecule has 0 radical (unpaired) electrons. The Kier molecular flexibility index (Phi) is 16.9. The molecule has 12 heteroatoms. The number of alkyl carbamates (subject to hydrolysis) is 2. The van der Waals surface area contributed by atoms with Crippen LogP contribution in [0, 0.1) is 0 Å². The fourth-order valence-corrected chi connectivity index (χ4v) is 4.65. The molecule has 0 saturated heterocycles. The second kappa shape index (κ2) is 17.5. The van der Waals surface area contributed by atoms with Gasteiger partial charge in [-0.25, -0.2) is 0 Å². The molecule has 0 heterocycles. The molecule has 4 N–H and O–H groups in total. The van der Waals surface area contributed by atoms with Crippen LogP contribution in [0.15, 0.2) is 0 Å². The first-order chi connectivity index (χ1) is 12.5. The van der Waals surface area contributed by atoms with E-state index in [0.29, 0.717) is 51.9 Å². The van der Waals surface area contributed by atoms with Crippen molar-refractivity contribution in [3.05, 3.63) is 0 Å². The molecular formula is C14H27N4O6PPo. The minimum atomic E-state index is -1.25.